The van der Waals surface area contributed by atoms with Gasteiger partial charge in [0.1, 0.15) is 11.6 Å². The van der Waals surface area contributed by atoms with Gasteiger partial charge >= 0.3 is 0 Å². The number of hydrogen-bond donors (Lipinski definition) is 3. The lowest BCUT2D eigenvalue weighted by molar-refractivity contribution is 0.0811. The van der Waals surface area contributed by atoms with Gasteiger partial charge in [0.15, 0.2) is 5.69 Å². The lowest BCUT2D eigenvalue weighted by atomic mass is 9.71. The van der Waals surface area contributed by atoms with Crippen molar-refractivity contribution in [1.29, 1.82) is 0 Å². The van der Waals surface area contributed by atoms with Crippen molar-refractivity contribution in [2.75, 3.05) is 6.54 Å². The summed E-state index contributed by atoms with van der Waals surface area (Å²) >= 11 is 0. The highest BCUT2D eigenvalue weighted by Crippen LogP contribution is 2.42. The number of nitrogens with one attached hydrogen (secondary N) is 3. The van der Waals surface area contributed by atoms with Crippen LogP contribution in [0.1, 0.15) is 46.6 Å². The predicted molar refractivity (Wildman–Crippen MR) is 83.4 cm³/mol. The molecule has 2 heterocycles. The van der Waals surface area contributed by atoms with Crippen LogP contribution in [0.4, 0.5) is 8.78 Å². The zero-order valence-corrected chi connectivity index (χ0v) is 13.1. The molecule has 5 nitrogen and oxygen atoms in total. The molecule has 4 rings (SSSR count). The molecular weight excluding hydrogens is 314 g/mol. The van der Waals surface area contributed by atoms with Gasteiger partial charge in [-0.15, -0.1) is 0 Å². The first kappa shape index (κ1) is 15.3. The third kappa shape index (κ3) is 2.39. The first-order valence-corrected chi connectivity index (χ1v) is 8.14. The maximum atomic E-state index is 14.2. The molecule has 1 aliphatic heterocycles. The molecule has 1 aromatic heterocycles. The second kappa shape index (κ2) is 5.66. The van der Waals surface area contributed by atoms with Gasteiger partial charge in [-0.1, -0.05) is 6.07 Å². The van der Waals surface area contributed by atoms with Crippen LogP contribution in [0.15, 0.2) is 18.2 Å². The smallest absolute Gasteiger partial charge is 0.272 e. The van der Waals surface area contributed by atoms with E-state index in [9.17, 15) is 13.6 Å². The van der Waals surface area contributed by atoms with E-state index in [1.54, 1.807) is 0 Å². The average Bonchev–Trinajstić information content (AvgIpc) is 2.95. The number of aromatic nitrogens is 2. The fourth-order valence-electron chi connectivity index (χ4n) is 3.56. The van der Waals surface area contributed by atoms with E-state index < -0.39 is 17.2 Å². The first-order chi connectivity index (χ1) is 11.6. The van der Waals surface area contributed by atoms with Crippen molar-refractivity contribution in [2.24, 2.45) is 0 Å². The van der Waals surface area contributed by atoms with Crippen molar-refractivity contribution >= 4 is 5.91 Å². The van der Waals surface area contributed by atoms with Gasteiger partial charge in [-0.25, -0.2) is 8.78 Å². The number of hydrogen-bond acceptors (Lipinski definition) is 3. The van der Waals surface area contributed by atoms with E-state index in [1.165, 1.54) is 12.1 Å². The monoisotopic (exact) mass is 332 g/mol. The molecule has 2 aromatic rings. The van der Waals surface area contributed by atoms with E-state index in [1.807, 2.05) is 0 Å². The maximum Gasteiger partial charge on any atom is 0.272 e. The van der Waals surface area contributed by atoms with Crippen LogP contribution in [0, 0.1) is 11.6 Å². The second-order valence-corrected chi connectivity index (χ2v) is 6.47. The van der Waals surface area contributed by atoms with E-state index in [-0.39, 0.29) is 5.91 Å². The summed E-state index contributed by atoms with van der Waals surface area (Å²) in [6.45, 7) is 1.44. The Hall–Kier alpha value is -2.28. The lowest BCUT2D eigenvalue weighted by Gasteiger charge is -2.43. The van der Waals surface area contributed by atoms with Crippen LogP contribution < -0.4 is 10.6 Å². The molecule has 1 saturated carbocycles. The Morgan fingerprint density at radius 3 is 2.83 bits per heavy atom. The summed E-state index contributed by atoms with van der Waals surface area (Å²) in [5, 5.41) is 13.2. The molecule has 0 saturated heterocycles. The van der Waals surface area contributed by atoms with E-state index in [0.717, 1.165) is 36.7 Å². The SMILES string of the molecule is O=C(NC1(c2ccc(F)cc2F)CCC1)c1n[nH]c2c1CNCC2. The highest BCUT2D eigenvalue weighted by molar-refractivity contribution is 5.94. The van der Waals surface area contributed by atoms with Gasteiger partial charge in [-0.3, -0.25) is 9.89 Å². The van der Waals surface area contributed by atoms with Crippen molar-refractivity contribution in [2.45, 2.75) is 37.8 Å². The van der Waals surface area contributed by atoms with Crippen LogP contribution in [-0.2, 0) is 18.5 Å². The Morgan fingerprint density at radius 2 is 2.12 bits per heavy atom. The molecule has 0 atom stereocenters. The number of fused-ring (bicyclic) bond motifs is 1. The van der Waals surface area contributed by atoms with Crippen LogP contribution in [0.2, 0.25) is 0 Å². The van der Waals surface area contributed by atoms with Gasteiger partial charge in [0.25, 0.3) is 5.91 Å². The van der Waals surface area contributed by atoms with E-state index in [4.69, 9.17) is 0 Å². The largest absolute Gasteiger partial charge is 0.341 e. The minimum Gasteiger partial charge on any atom is -0.341 e. The summed E-state index contributed by atoms with van der Waals surface area (Å²) in [5.41, 5.74) is 1.75. The Balaban J connectivity index is 1.63. The Labute approximate surface area is 137 Å². The number of halogens is 2. The molecule has 0 bridgehead atoms. The highest BCUT2D eigenvalue weighted by Gasteiger charge is 2.42. The number of nitrogens with zero attached hydrogens (tertiary/aromatic N) is 1. The number of aromatic amines is 1. The van der Waals surface area contributed by atoms with E-state index in [0.29, 0.717) is 30.6 Å². The summed E-state index contributed by atoms with van der Waals surface area (Å²) in [6.07, 6.45) is 2.95. The molecule has 0 spiro atoms. The molecule has 126 valence electrons. The minimum atomic E-state index is -0.775. The molecule has 0 radical (unpaired) electrons. The van der Waals surface area contributed by atoms with Crippen LogP contribution in [0.25, 0.3) is 0 Å². The van der Waals surface area contributed by atoms with Gasteiger partial charge < -0.3 is 10.6 Å². The average molecular weight is 332 g/mol. The molecule has 3 N–H and O–H groups in total. The van der Waals surface area contributed by atoms with E-state index >= 15 is 0 Å². The second-order valence-electron chi connectivity index (χ2n) is 6.47. The van der Waals surface area contributed by atoms with Gasteiger partial charge in [0, 0.05) is 42.4 Å². The Kier molecular flexibility index (Phi) is 3.60. The Morgan fingerprint density at radius 1 is 1.29 bits per heavy atom. The summed E-state index contributed by atoms with van der Waals surface area (Å²) in [6, 6.07) is 3.51. The van der Waals surface area contributed by atoms with Crippen molar-refractivity contribution < 1.29 is 13.6 Å². The van der Waals surface area contributed by atoms with Gasteiger partial charge in [-0.05, 0) is 25.3 Å². The number of H-pyrrole nitrogens is 1. The molecule has 7 heteroatoms. The molecule has 2 aliphatic rings. The first-order valence-electron chi connectivity index (χ1n) is 8.14. The minimum absolute atomic E-state index is 0.320. The molecule has 1 fully saturated rings. The van der Waals surface area contributed by atoms with Gasteiger partial charge in [-0.2, -0.15) is 5.10 Å². The quantitative estimate of drug-likeness (QED) is 0.807. The Bertz CT molecular complexity index is 798. The summed E-state index contributed by atoms with van der Waals surface area (Å²) in [4.78, 5) is 12.7. The summed E-state index contributed by atoms with van der Waals surface area (Å²) in [5.74, 6) is -1.56. The van der Waals surface area contributed by atoms with Gasteiger partial charge in [0.2, 0.25) is 0 Å². The number of carbonyl (C=O) groups excluding carboxylic acids is 1. The normalized spacial score (nSPS) is 18.6. The zero-order chi connectivity index (χ0) is 16.7. The van der Waals surface area contributed by atoms with Crippen molar-refractivity contribution in [1.82, 2.24) is 20.8 Å². The number of rotatable bonds is 3. The number of carbonyl (C=O) groups is 1. The van der Waals surface area contributed by atoms with Crippen LogP contribution in [-0.4, -0.2) is 22.6 Å². The highest BCUT2D eigenvalue weighted by atomic mass is 19.1. The molecule has 1 aromatic carbocycles. The number of benzene rings is 1. The zero-order valence-electron chi connectivity index (χ0n) is 13.1. The topological polar surface area (TPSA) is 69.8 Å². The van der Waals surface area contributed by atoms with Crippen LogP contribution >= 0.6 is 0 Å². The van der Waals surface area contributed by atoms with Crippen molar-refractivity contribution in [3.63, 3.8) is 0 Å². The van der Waals surface area contributed by atoms with Gasteiger partial charge in [0.05, 0.1) is 5.54 Å². The molecule has 1 amide bonds. The van der Waals surface area contributed by atoms with Crippen LogP contribution in [0.5, 0.6) is 0 Å². The van der Waals surface area contributed by atoms with E-state index in [2.05, 4.69) is 20.8 Å². The third-order valence-electron chi connectivity index (χ3n) is 5.03. The van der Waals surface area contributed by atoms with Crippen molar-refractivity contribution in [3.05, 3.63) is 52.3 Å². The fourth-order valence-corrected chi connectivity index (χ4v) is 3.56. The number of amides is 1. The van der Waals surface area contributed by atoms with Crippen LogP contribution in [0.3, 0.4) is 0 Å². The lowest BCUT2D eigenvalue weighted by Crippen LogP contribution is -2.51. The summed E-state index contributed by atoms with van der Waals surface area (Å²) < 4.78 is 27.4. The standard InChI is InChI=1S/C17H18F2N4O/c18-10-2-3-12(13(19)8-10)17(5-1-6-17)21-16(24)15-11-9-20-7-4-14(11)22-23-15/h2-3,8,20H,1,4-7,9H2,(H,21,24)(H,22,23). The molecule has 1 aliphatic carbocycles. The maximum absolute atomic E-state index is 14.2. The third-order valence-corrected chi connectivity index (χ3v) is 5.03. The predicted octanol–water partition coefficient (Wildman–Crippen LogP) is 2.14. The fraction of sp³-hybridized carbons (Fsp3) is 0.412. The molecule has 24 heavy (non-hydrogen) atoms. The van der Waals surface area contributed by atoms with Crippen molar-refractivity contribution in [3.8, 4) is 0 Å². The molecular formula is C17H18F2N4O. The molecule has 0 unspecified atom stereocenters. The summed E-state index contributed by atoms with van der Waals surface area (Å²) in [7, 11) is 0.